The maximum atomic E-state index is 12.1. The Labute approximate surface area is 275 Å². The number of methoxy groups -OCH3 is 2. The zero-order valence-corrected chi connectivity index (χ0v) is 27.6. The van der Waals surface area contributed by atoms with Crippen molar-refractivity contribution in [3.8, 4) is 11.5 Å². The molecule has 3 N–H and O–H groups in total. The molecule has 11 nitrogen and oxygen atoms in total. The average molecular weight is 673 g/mol. The number of carbonyl (C=O) groups is 6. The fourth-order valence-electron chi connectivity index (χ4n) is 4.32. The Morgan fingerprint density at radius 1 is 0.721 bits per heavy atom. The number of aromatic hydroxyl groups is 2. The second kappa shape index (κ2) is 18.5. The smallest absolute Gasteiger partial charge is 0.238 e. The number of fused-ring (bicyclic) bond motifs is 2. The maximum absolute atomic E-state index is 12.1. The first-order chi connectivity index (χ1) is 20.0. The monoisotopic (exact) mass is 672 g/mol. The number of amides is 1. The summed E-state index contributed by atoms with van der Waals surface area (Å²) < 4.78 is 9.62. The van der Waals surface area contributed by atoms with Gasteiger partial charge in [0.05, 0.1) is 0 Å². The summed E-state index contributed by atoms with van der Waals surface area (Å²) in [5, 5.41) is 21.1. The van der Waals surface area contributed by atoms with Crippen LogP contribution >= 0.6 is 0 Å². The van der Waals surface area contributed by atoms with Gasteiger partial charge in [-0.3, -0.25) is 28.8 Å². The van der Waals surface area contributed by atoms with Crippen molar-refractivity contribution in [2.45, 2.75) is 39.5 Å². The molecule has 2 aliphatic carbocycles. The number of hydrogen-bond acceptors (Lipinski definition) is 10. The fraction of sp³-hybridized carbons (Fsp3) is 0.419. The van der Waals surface area contributed by atoms with E-state index in [2.05, 4.69) is 12.2 Å². The van der Waals surface area contributed by atoms with E-state index < -0.39 is 40.9 Å². The van der Waals surface area contributed by atoms with Crippen LogP contribution in [0.2, 0.25) is 0 Å². The molecule has 0 spiro atoms. The van der Waals surface area contributed by atoms with Gasteiger partial charge in [0, 0.05) is 95.4 Å². The predicted molar refractivity (Wildman–Crippen MR) is 152 cm³/mol. The normalized spacial score (nSPS) is 16.2. The Morgan fingerprint density at radius 2 is 1.16 bits per heavy atom. The Bertz CT molecular complexity index is 1340. The summed E-state index contributed by atoms with van der Waals surface area (Å²) in [4.78, 5) is 71.1. The molecule has 1 radical (unpaired) electrons. The maximum Gasteiger partial charge on any atom is 0.238 e. The van der Waals surface area contributed by atoms with E-state index >= 15 is 0 Å². The molecule has 0 heterocycles. The summed E-state index contributed by atoms with van der Waals surface area (Å²) in [7, 11) is 3.28. The van der Waals surface area contributed by atoms with Crippen LogP contribution in [0.3, 0.4) is 0 Å². The van der Waals surface area contributed by atoms with Crippen LogP contribution in [0.5, 0.6) is 11.5 Å². The molecule has 12 heteroatoms. The summed E-state index contributed by atoms with van der Waals surface area (Å²) in [6, 6.07) is 7.86. The van der Waals surface area contributed by atoms with Gasteiger partial charge in [-0.1, -0.05) is 20.3 Å². The van der Waals surface area contributed by atoms with Crippen molar-refractivity contribution in [3.63, 3.8) is 0 Å². The minimum atomic E-state index is -1.34. The van der Waals surface area contributed by atoms with Gasteiger partial charge in [0.25, 0.3) is 0 Å². The van der Waals surface area contributed by atoms with Crippen molar-refractivity contribution in [1.29, 1.82) is 0 Å². The molecule has 0 saturated heterocycles. The third-order valence-electron chi connectivity index (χ3n) is 6.58. The van der Waals surface area contributed by atoms with Gasteiger partial charge >= 0.3 is 0 Å². The fourth-order valence-corrected chi connectivity index (χ4v) is 4.32. The number of ether oxygens (including phenoxy) is 2. The summed E-state index contributed by atoms with van der Waals surface area (Å²) in [6.07, 6.45) is 3.18. The summed E-state index contributed by atoms with van der Waals surface area (Å²) in [5.41, 5.74) is 0.670. The third-order valence-corrected chi connectivity index (χ3v) is 6.58. The van der Waals surface area contributed by atoms with E-state index in [9.17, 15) is 39.0 Å². The Hall–Kier alpha value is -3.12. The minimum absolute atomic E-state index is 0. The average Bonchev–Trinajstić information content (AvgIpc) is 3.37. The van der Waals surface area contributed by atoms with E-state index in [1.165, 1.54) is 49.2 Å². The SMILES string of the molecule is CCC(=O)C1C(=O)c2ccc(O)cc2C1=O.CCCCOC.COCCCNC(=O)C1C(=O)c2ccc(O)cc2C1=O.[Y]. The van der Waals surface area contributed by atoms with E-state index in [0.29, 0.717) is 19.6 Å². The molecule has 1 amide bonds. The number of carbonyl (C=O) groups excluding carboxylic acids is 6. The second-order valence-corrected chi connectivity index (χ2v) is 9.59. The number of nitrogens with one attached hydrogen (secondary N) is 1. The van der Waals surface area contributed by atoms with Crippen LogP contribution in [0.25, 0.3) is 0 Å². The van der Waals surface area contributed by atoms with Gasteiger partial charge in [0.2, 0.25) is 5.91 Å². The van der Waals surface area contributed by atoms with Crippen LogP contribution in [0, 0.1) is 11.8 Å². The van der Waals surface area contributed by atoms with Crippen LogP contribution in [0.15, 0.2) is 36.4 Å². The van der Waals surface area contributed by atoms with Crippen LogP contribution in [-0.4, -0.2) is 79.0 Å². The standard InChI is InChI=1S/C14H15NO5.C12H10O4.C5H12O.Y/c1-20-6-2-5-15-14(19)11-12(17)9-4-3-8(16)7-10(9)13(11)18;1-2-9(14)10-11(15)7-4-3-6(13)5-8(7)12(10)16;1-3-4-5-6-2;/h3-4,7,11,16H,2,5-6H2,1H3,(H,15,19);3-5,10,13H,2H2,1H3;3-5H2,1-2H3;. The van der Waals surface area contributed by atoms with Gasteiger partial charge in [-0.25, -0.2) is 0 Å². The number of ketones is 5. The predicted octanol–water partition coefficient (Wildman–Crippen LogP) is 3.34. The first-order valence-corrected chi connectivity index (χ1v) is 13.6. The molecule has 0 bridgehead atoms. The van der Waals surface area contributed by atoms with Gasteiger partial charge in [-0.2, -0.15) is 0 Å². The molecule has 2 aromatic carbocycles. The molecular formula is C31H37NO10Y. The number of benzene rings is 2. The topological polar surface area (TPSA) is 173 Å². The van der Waals surface area contributed by atoms with Crippen LogP contribution < -0.4 is 5.32 Å². The summed E-state index contributed by atoms with van der Waals surface area (Å²) in [6.45, 7) is 5.51. The third kappa shape index (κ3) is 9.69. The van der Waals surface area contributed by atoms with E-state index in [-0.39, 0.29) is 78.7 Å². The molecule has 0 saturated carbocycles. The first-order valence-electron chi connectivity index (χ1n) is 13.6. The van der Waals surface area contributed by atoms with Crippen molar-refractivity contribution >= 4 is 34.8 Å². The molecule has 2 atom stereocenters. The van der Waals surface area contributed by atoms with Crippen molar-refractivity contribution in [1.82, 2.24) is 5.32 Å². The molecule has 2 unspecified atom stereocenters. The van der Waals surface area contributed by atoms with E-state index in [4.69, 9.17) is 9.47 Å². The zero-order valence-electron chi connectivity index (χ0n) is 24.8. The molecule has 0 fully saturated rings. The molecule has 2 aromatic rings. The minimum Gasteiger partial charge on any atom is -0.508 e. The molecular weight excluding hydrogens is 635 g/mol. The number of unbranched alkanes of at least 4 members (excludes halogenated alkanes) is 1. The van der Waals surface area contributed by atoms with Crippen molar-refractivity contribution in [2.24, 2.45) is 11.8 Å². The summed E-state index contributed by atoms with van der Waals surface area (Å²) >= 11 is 0. The van der Waals surface area contributed by atoms with E-state index in [1.54, 1.807) is 21.1 Å². The Kier molecular flexibility index (Phi) is 16.3. The van der Waals surface area contributed by atoms with Crippen molar-refractivity contribution in [2.75, 3.05) is 34.0 Å². The Balaban J connectivity index is 0.000000361. The van der Waals surface area contributed by atoms with Gasteiger partial charge in [0.1, 0.15) is 17.4 Å². The second-order valence-electron chi connectivity index (χ2n) is 9.59. The number of hydrogen-bond donors (Lipinski definition) is 3. The van der Waals surface area contributed by atoms with Gasteiger partial charge in [-0.05, 0) is 49.2 Å². The van der Waals surface area contributed by atoms with Crippen LogP contribution in [0.4, 0.5) is 0 Å². The molecule has 229 valence electrons. The largest absolute Gasteiger partial charge is 0.508 e. The van der Waals surface area contributed by atoms with Crippen LogP contribution in [-0.2, 0) is 51.8 Å². The van der Waals surface area contributed by atoms with Gasteiger partial charge < -0.3 is 25.0 Å². The van der Waals surface area contributed by atoms with Crippen molar-refractivity contribution in [3.05, 3.63) is 58.7 Å². The molecule has 43 heavy (non-hydrogen) atoms. The molecule has 2 aliphatic rings. The zero-order chi connectivity index (χ0) is 31.4. The van der Waals surface area contributed by atoms with E-state index in [1.807, 2.05) is 0 Å². The van der Waals surface area contributed by atoms with Crippen molar-refractivity contribution < 1.29 is 81.2 Å². The first kappa shape index (κ1) is 37.9. The van der Waals surface area contributed by atoms with Gasteiger partial charge in [-0.15, -0.1) is 0 Å². The number of Topliss-reactive ketones (excluding diaryl/α,β-unsaturated/α-hetero) is 5. The number of rotatable bonds is 10. The number of phenolic OH excluding ortho intramolecular Hbond substituents is 2. The van der Waals surface area contributed by atoms with E-state index in [0.717, 1.165) is 6.61 Å². The quantitative estimate of drug-likeness (QED) is 0.251. The molecule has 0 aromatic heterocycles. The number of phenols is 2. The van der Waals surface area contributed by atoms with Crippen LogP contribution in [0.1, 0.15) is 81.0 Å². The van der Waals surface area contributed by atoms with Gasteiger partial charge in [0.15, 0.2) is 34.8 Å². The summed E-state index contributed by atoms with van der Waals surface area (Å²) in [5.74, 6) is -5.72. The molecule has 4 rings (SSSR count). The Morgan fingerprint density at radius 3 is 1.60 bits per heavy atom. The molecule has 0 aliphatic heterocycles.